The van der Waals surface area contributed by atoms with Gasteiger partial charge in [0.15, 0.2) is 0 Å². The molecule has 8 rings (SSSR count). The van der Waals surface area contributed by atoms with Gasteiger partial charge in [0.1, 0.15) is 0 Å². The molecular formula is C32H20N2. The van der Waals surface area contributed by atoms with Gasteiger partial charge in [-0.1, -0.05) is 84.9 Å². The van der Waals surface area contributed by atoms with E-state index in [9.17, 15) is 0 Å². The van der Waals surface area contributed by atoms with Crippen LogP contribution in [0.25, 0.3) is 65.5 Å². The third-order valence-corrected chi connectivity index (χ3v) is 7.26. The van der Waals surface area contributed by atoms with Gasteiger partial charge in [-0.05, 0) is 35.7 Å². The van der Waals surface area contributed by atoms with E-state index in [4.69, 9.17) is 0 Å². The van der Waals surface area contributed by atoms with Gasteiger partial charge in [0.25, 0.3) is 0 Å². The van der Waals surface area contributed by atoms with Crippen molar-refractivity contribution >= 4 is 59.8 Å². The Morgan fingerprint density at radius 2 is 1.06 bits per heavy atom. The van der Waals surface area contributed by atoms with E-state index in [1.807, 2.05) is 0 Å². The molecule has 0 spiro atoms. The summed E-state index contributed by atoms with van der Waals surface area (Å²) in [6.07, 6.45) is 2.29. The molecule has 158 valence electrons. The summed E-state index contributed by atoms with van der Waals surface area (Å²) in [4.78, 5) is 0. The zero-order valence-corrected chi connectivity index (χ0v) is 18.4. The molecule has 0 saturated carbocycles. The number of fused-ring (bicyclic) bond motifs is 11. The predicted octanol–water partition coefficient (Wildman–Crippen LogP) is 8.50. The number of hydrogen-bond acceptors (Lipinski definition) is 0. The fraction of sp³-hybridized carbons (Fsp3) is 0. The van der Waals surface area contributed by atoms with E-state index >= 15 is 0 Å². The summed E-state index contributed by atoms with van der Waals surface area (Å²) >= 11 is 0. The van der Waals surface area contributed by atoms with E-state index in [1.165, 1.54) is 65.5 Å². The average Bonchev–Trinajstić information content (AvgIpc) is 3.45. The minimum atomic E-state index is 1.18. The minimum Gasteiger partial charge on any atom is -0.315 e. The highest BCUT2D eigenvalue weighted by Crippen LogP contribution is 2.39. The zero-order valence-electron chi connectivity index (χ0n) is 18.4. The summed E-state index contributed by atoms with van der Waals surface area (Å²) < 4.78 is 4.79. The second-order valence-electron chi connectivity index (χ2n) is 9.06. The van der Waals surface area contributed by atoms with Gasteiger partial charge < -0.3 is 8.97 Å². The second kappa shape index (κ2) is 6.49. The van der Waals surface area contributed by atoms with Crippen LogP contribution in [0.3, 0.4) is 0 Å². The van der Waals surface area contributed by atoms with E-state index in [0.29, 0.717) is 0 Å². The van der Waals surface area contributed by atoms with Crippen molar-refractivity contribution in [3.8, 4) is 5.69 Å². The molecule has 3 heterocycles. The average molecular weight is 433 g/mol. The molecule has 0 N–H and O–H groups in total. The first-order chi connectivity index (χ1) is 16.9. The number of benzene rings is 5. The number of aromatic nitrogens is 2. The highest BCUT2D eigenvalue weighted by Gasteiger charge is 2.17. The molecule has 5 aromatic carbocycles. The molecule has 0 saturated heterocycles. The lowest BCUT2D eigenvalue weighted by molar-refractivity contribution is 1.18. The Morgan fingerprint density at radius 1 is 0.412 bits per heavy atom. The molecule has 2 heteroatoms. The van der Waals surface area contributed by atoms with Crippen molar-refractivity contribution in [3.63, 3.8) is 0 Å². The lowest BCUT2D eigenvalue weighted by Crippen LogP contribution is -1.94. The van der Waals surface area contributed by atoms with Crippen LogP contribution in [0.2, 0.25) is 0 Å². The van der Waals surface area contributed by atoms with Crippen molar-refractivity contribution in [1.82, 2.24) is 8.97 Å². The molecule has 2 nitrogen and oxygen atoms in total. The largest absolute Gasteiger partial charge is 0.315 e. The van der Waals surface area contributed by atoms with Crippen LogP contribution in [0.5, 0.6) is 0 Å². The van der Waals surface area contributed by atoms with Crippen molar-refractivity contribution in [1.29, 1.82) is 0 Å². The molecule has 0 bridgehead atoms. The van der Waals surface area contributed by atoms with Crippen LogP contribution in [0.15, 0.2) is 121 Å². The first kappa shape index (κ1) is 17.9. The maximum Gasteiger partial charge on any atom is 0.0613 e. The zero-order chi connectivity index (χ0) is 22.2. The van der Waals surface area contributed by atoms with Crippen LogP contribution in [-0.2, 0) is 0 Å². The van der Waals surface area contributed by atoms with Crippen LogP contribution in [0, 0.1) is 0 Å². The minimum absolute atomic E-state index is 1.18. The van der Waals surface area contributed by atoms with Crippen LogP contribution < -0.4 is 0 Å². The first-order valence-electron chi connectivity index (χ1n) is 11.7. The number of rotatable bonds is 1. The number of para-hydroxylation sites is 2. The molecule has 0 aliphatic rings. The van der Waals surface area contributed by atoms with Crippen LogP contribution in [-0.4, -0.2) is 8.97 Å². The Bertz CT molecular complexity index is 2060. The standard InChI is InChI=1S/C32H20N2/c1-2-11-22(12-3-1)34-29-17-9-8-15-25(29)28-18-27-24-14-6-7-16-26(24)32-23-13-5-4-10-21(23)20-33(32)30(27)19-31(28)34/h1-20H. The Labute approximate surface area is 195 Å². The van der Waals surface area contributed by atoms with Crippen molar-refractivity contribution in [2.24, 2.45) is 0 Å². The smallest absolute Gasteiger partial charge is 0.0613 e. The van der Waals surface area contributed by atoms with E-state index in [-0.39, 0.29) is 0 Å². The molecule has 0 aliphatic heterocycles. The van der Waals surface area contributed by atoms with E-state index in [0.717, 1.165) is 0 Å². The highest BCUT2D eigenvalue weighted by molar-refractivity contribution is 6.23. The highest BCUT2D eigenvalue weighted by atomic mass is 15.0. The summed E-state index contributed by atoms with van der Waals surface area (Å²) in [6, 6.07) is 41.7. The molecule has 0 amide bonds. The lowest BCUT2D eigenvalue weighted by atomic mass is 10.0. The van der Waals surface area contributed by atoms with Crippen molar-refractivity contribution in [2.45, 2.75) is 0 Å². The van der Waals surface area contributed by atoms with Gasteiger partial charge in [-0.2, -0.15) is 0 Å². The van der Waals surface area contributed by atoms with E-state index in [2.05, 4.69) is 130 Å². The Kier molecular flexibility index (Phi) is 3.42. The van der Waals surface area contributed by atoms with Gasteiger partial charge in [0, 0.05) is 44.2 Å². The number of hydrogen-bond donors (Lipinski definition) is 0. The van der Waals surface area contributed by atoms with Crippen LogP contribution >= 0.6 is 0 Å². The Hall–Kier alpha value is -4.56. The van der Waals surface area contributed by atoms with Gasteiger partial charge in [-0.25, -0.2) is 0 Å². The third-order valence-electron chi connectivity index (χ3n) is 7.26. The van der Waals surface area contributed by atoms with Crippen LogP contribution in [0.4, 0.5) is 0 Å². The molecule has 0 fully saturated rings. The monoisotopic (exact) mass is 432 g/mol. The Morgan fingerprint density at radius 3 is 1.91 bits per heavy atom. The fourth-order valence-corrected chi connectivity index (χ4v) is 5.82. The summed E-state index contributed by atoms with van der Waals surface area (Å²) in [7, 11) is 0. The third kappa shape index (κ3) is 2.24. The van der Waals surface area contributed by atoms with Gasteiger partial charge in [0.2, 0.25) is 0 Å². The summed E-state index contributed by atoms with van der Waals surface area (Å²) in [6.45, 7) is 0. The molecule has 3 aromatic heterocycles. The number of pyridine rings is 1. The maximum absolute atomic E-state index is 2.40. The SMILES string of the molecule is c1ccc(-n2c3ccccc3c3cc4c5ccccc5c5c6ccccc6cn5c4cc32)cc1. The fourth-order valence-electron chi connectivity index (χ4n) is 5.82. The van der Waals surface area contributed by atoms with Gasteiger partial charge in [-0.3, -0.25) is 0 Å². The second-order valence-corrected chi connectivity index (χ2v) is 9.06. The molecule has 34 heavy (non-hydrogen) atoms. The Balaban J connectivity index is 1.67. The van der Waals surface area contributed by atoms with Crippen LogP contribution in [0.1, 0.15) is 0 Å². The lowest BCUT2D eigenvalue weighted by Gasteiger charge is -2.12. The van der Waals surface area contributed by atoms with E-state index in [1.54, 1.807) is 0 Å². The molecule has 0 unspecified atom stereocenters. The predicted molar refractivity (Wildman–Crippen MR) is 144 cm³/mol. The molecular weight excluding hydrogens is 412 g/mol. The first-order valence-corrected chi connectivity index (χ1v) is 11.7. The van der Waals surface area contributed by atoms with Crippen molar-refractivity contribution in [2.75, 3.05) is 0 Å². The molecule has 8 aromatic rings. The quantitative estimate of drug-likeness (QED) is 0.230. The molecule has 0 radical (unpaired) electrons. The van der Waals surface area contributed by atoms with Crippen molar-refractivity contribution < 1.29 is 0 Å². The maximum atomic E-state index is 2.40. The summed E-state index contributed by atoms with van der Waals surface area (Å²) in [5.41, 5.74) is 6.16. The molecule has 0 atom stereocenters. The summed E-state index contributed by atoms with van der Waals surface area (Å²) in [5, 5.41) is 9.01. The van der Waals surface area contributed by atoms with Crippen molar-refractivity contribution in [3.05, 3.63) is 121 Å². The van der Waals surface area contributed by atoms with E-state index < -0.39 is 0 Å². The van der Waals surface area contributed by atoms with Gasteiger partial charge in [-0.15, -0.1) is 0 Å². The van der Waals surface area contributed by atoms with Gasteiger partial charge >= 0.3 is 0 Å². The molecule has 0 aliphatic carbocycles. The normalized spacial score (nSPS) is 12.1. The summed E-state index contributed by atoms with van der Waals surface area (Å²) in [5.74, 6) is 0. The number of nitrogens with zero attached hydrogens (tertiary/aromatic N) is 2. The van der Waals surface area contributed by atoms with Gasteiger partial charge in [0.05, 0.1) is 22.1 Å². The topological polar surface area (TPSA) is 9.34 Å².